The number of nitrogens with one attached hydrogen (secondary N) is 8. The van der Waals surface area contributed by atoms with E-state index in [4.69, 9.17) is 4.84 Å². The Morgan fingerprint density at radius 1 is 0.404 bits per heavy atom. The maximum Gasteiger partial charge on any atom is 0.334 e. The molecule has 1 aliphatic heterocycles. The predicted molar refractivity (Wildman–Crippen MR) is 390 cm³/mol. The summed E-state index contributed by atoms with van der Waals surface area (Å²) in [6, 6.07) is 10.2. The molecule has 0 saturated carbocycles. The summed E-state index contributed by atoms with van der Waals surface area (Å²) in [5.41, 5.74) is 2.49. The average molecular weight is 1520 g/mol. The van der Waals surface area contributed by atoms with Gasteiger partial charge in [-0.2, -0.15) is 0 Å². The zero-order valence-electron chi connectivity index (χ0n) is 62.1. The van der Waals surface area contributed by atoms with Gasteiger partial charge in [-0.15, -0.1) is 15.3 Å². The van der Waals surface area contributed by atoms with E-state index in [-0.39, 0.29) is 233 Å². The van der Waals surface area contributed by atoms with Gasteiger partial charge in [0.1, 0.15) is 40.3 Å². The second-order valence-corrected chi connectivity index (χ2v) is 26.4. The Labute approximate surface area is 631 Å². The Hall–Kier alpha value is -11.0. The SMILES string of the molecule is CC(=O)NC(CCCCNC(=O)CCn1cc(-c2ccccn2)nn1)C(=O)CCCC(=O)CCCC(=O)CCCC(=O)CCCC(=O)CCCC(=O)CC(CCCCNC(=O)CCn1cc(-c2ccccn2)nn1)C(=O)NCCC(=O)NCCC(=O)NCCC(=O)NCCC(=O)NCCC(=O)ON1C(=O)CCC1=O. The summed E-state index contributed by atoms with van der Waals surface area (Å²) in [5, 5.41) is 38.0. The Kier molecular flexibility index (Phi) is 41.7. The van der Waals surface area contributed by atoms with Crippen molar-refractivity contribution < 1.29 is 86.3 Å². The summed E-state index contributed by atoms with van der Waals surface area (Å²) in [7, 11) is 0. The minimum atomic E-state index is -0.878. The number of ketones is 6. The zero-order valence-corrected chi connectivity index (χ0v) is 62.1. The molecule has 4 aromatic heterocycles. The van der Waals surface area contributed by atoms with E-state index in [1.807, 2.05) is 18.2 Å². The third kappa shape index (κ3) is 38.9. The third-order valence-electron chi connectivity index (χ3n) is 17.3. The molecular weight excluding hydrogens is 1410 g/mol. The molecule has 5 heterocycles. The zero-order chi connectivity index (χ0) is 79.0. The van der Waals surface area contributed by atoms with E-state index in [2.05, 4.69) is 73.1 Å². The highest BCUT2D eigenvalue weighted by molar-refractivity contribution is 6.01. The number of hydrogen-bond acceptors (Lipinski definition) is 24. The van der Waals surface area contributed by atoms with Crippen LogP contribution in [0.15, 0.2) is 61.2 Å². The van der Waals surface area contributed by atoms with E-state index in [0.717, 1.165) is 0 Å². The summed E-state index contributed by atoms with van der Waals surface area (Å²) in [6.07, 6.45) is 11.5. The minimum absolute atomic E-state index is 0.0214. The number of carbonyl (C=O) groups is 17. The Balaban J connectivity index is 0.894. The van der Waals surface area contributed by atoms with Gasteiger partial charge in [-0.3, -0.25) is 96.0 Å². The number of unbranched alkanes of at least 4 members (excludes halogenated alkanes) is 2. The van der Waals surface area contributed by atoms with Crippen LogP contribution in [-0.2, 0) is 99.4 Å². The number of pyridine rings is 2. The van der Waals surface area contributed by atoms with Crippen molar-refractivity contribution in [2.75, 3.05) is 45.8 Å². The second kappa shape index (κ2) is 51.3. The van der Waals surface area contributed by atoms with Crippen molar-refractivity contribution in [2.24, 2.45) is 5.92 Å². The van der Waals surface area contributed by atoms with Gasteiger partial charge in [0.25, 0.3) is 11.8 Å². The summed E-state index contributed by atoms with van der Waals surface area (Å²) >= 11 is 0. The van der Waals surface area contributed by atoms with E-state index in [0.29, 0.717) is 105 Å². The lowest BCUT2D eigenvalue weighted by atomic mass is 9.93. The molecule has 8 N–H and O–H groups in total. The van der Waals surface area contributed by atoms with Crippen LogP contribution in [-0.4, -0.2) is 197 Å². The predicted octanol–water partition coefficient (Wildman–Crippen LogP) is 2.96. The number of hydrogen-bond donors (Lipinski definition) is 8. The number of rotatable bonds is 59. The van der Waals surface area contributed by atoms with Gasteiger partial charge in [0, 0.05) is 193 Å². The molecule has 2 unspecified atom stereocenters. The average Bonchev–Trinajstić information content (AvgIpc) is 1.75. The Bertz CT molecular complexity index is 3680. The number of carbonyl (C=O) groups excluding carboxylic acids is 17. The van der Waals surface area contributed by atoms with Gasteiger partial charge < -0.3 is 47.4 Å². The molecule has 10 amide bonds. The van der Waals surface area contributed by atoms with E-state index >= 15 is 0 Å². The molecular formula is C74H103N17O18. The van der Waals surface area contributed by atoms with E-state index < -0.39 is 59.3 Å². The number of amides is 10. The van der Waals surface area contributed by atoms with Crippen molar-refractivity contribution in [2.45, 2.75) is 225 Å². The van der Waals surface area contributed by atoms with Gasteiger partial charge >= 0.3 is 5.97 Å². The van der Waals surface area contributed by atoms with Crippen LogP contribution in [0, 0.1) is 5.92 Å². The van der Waals surface area contributed by atoms with Gasteiger partial charge in [-0.25, -0.2) is 4.79 Å². The summed E-state index contributed by atoms with van der Waals surface area (Å²) in [4.78, 5) is 225. The molecule has 35 heteroatoms. The minimum Gasteiger partial charge on any atom is -0.356 e. The number of nitrogens with zero attached hydrogens (tertiary/aromatic N) is 9. The van der Waals surface area contributed by atoms with Gasteiger partial charge in [-0.05, 0) is 88.5 Å². The summed E-state index contributed by atoms with van der Waals surface area (Å²) in [6.45, 7) is 2.32. The first kappa shape index (κ1) is 88.6. The molecule has 5 rings (SSSR count). The van der Waals surface area contributed by atoms with Gasteiger partial charge in [0.05, 0.1) is 49.3 Å². The first-order valence-corrected chi connectivity index (χ1v) is 37.5. The van der Waals surface area contributed by atoms with Crippen LogP contribution in [0.4, 0.5) is 0 Å². The first-order chi connectivity index (χ1) is 52.5. The van der Waals surface area contributed by atoms with Gasteiger partial charge in [-0.1, -0.05) is 29.0 Å². The van der Waals surface area contributed by atoms with E-state index in [1.165, 1.54) is 6.92 Å². The van der Waals surface area contributed by atoms with Crippen molar-refractivity contribution in [3.63, 3.8) is 0 Å². The topological polar surface area (TPSA) is 486 Å². The highest BCUT2D eigenvalue weighted by Gasteiger charge is 2.33. The fourth-order valence-electron chi connectivity index (χ4n) is 11.3. The van der Waals surface area contributed by atoms with Crippen LogP contribution >= 0.6 is 0 Å². The maximum atomic E-state index is 13.5. The number of Topliss-reactive ketones (excluding diaryl/α,β-unsaturated/α-hetero) is 6. The highest BCUT2D eigenvalue weighted by atomic mass is 16.7. The normalized spacial score (nSPS) is 12.2. The lowest BCUT2D eigenvalue weighted by Gasteiger charge is -2.17. The standard InChI is InChI=1S/C74H103N17O18/c1-52(92)84-61(27-5-9-41-78-70(104)37-48-90-51-63(86-88-90)60-26-4-8-39-76-60)64(98)28-14-23-57(96)21-12-19-55(94)17-10-16-54(93)18-11-20-56(95)22-13-24-58(97)49-53(15-2-6-40-77-69(103)36-47-89-50-62(85-87-89)59-25-3-7-38-75-59)74(108)83-45-34-68(102)81-43-32-66(100)79-42-31-65(99)80-44-33-67(101)82-46-35-73(107)109-91-71(105)29-30-72(91)106/h3-4,7-8,25-26,38-39,50-51,53,61H,2,5-6,9-24,27-37,40-49H2,1H3,(H,77,103)(H,78,104)(H,79,100)(H,80,99)(H,81,102)(H,82,101)(H,83,108)(H,84,92). The number of aromatic nitrogens is 8. The van der Waals surface area contributed by atoms with Crippen molar-refractivity contribution in [1.29, 1.82) is 0 Å². The van der Waals surface area contributed by atoms with Crippen molar-refractivity contribution in [3.8, 4) is 22.8 Å². The Morgan fingerprint density at radius 2 is 0.780 bits per heavy atom. The monoisotopic (exact) mass is 1520 g/mol. The largest absolute Gasteiger partial charge is 0.356 e. The molecule has 0 spiro atoms. The van der Waals surface area contributed by atoms with Gasteiger partial charge in [0.2, 0.25) is 47.3 Å². The van der Waals surface area contributed by atoms with Crippen LogP contribution in [0.1, 0.15) is 206 Å². The fourth-order valence-corrected chi connectivity index (χ4v) is 11.3. The van der Waals surface area contributed by atoms with Crippen LogP contribution in [0.25, 0.3) is 22.8 Å². The lowest BCUT2D eigenvalue weighted by Crippen LogP contribution is -2.39. The maximum absolute atomic E-state index is 13.5. The number of hydroxylamine groups is 2. The molecule has 592 valence electrons. The Morgan fingerprint density at radius 3 is 1.19 bits per heavy atom. The third-order valence-corrected chi connectivity index (χ3v) is 17.3. The molecule has 1 saturated heterocycles. The molecule has 2 atom stereocenters. The van der Waals surface area contributed by atoms with Crippen molar-refractivity contribution in [3.05, 3.63) is 61.2 Å². The van der Waals surface area contributed by atoms with Gasteiger partial charge in [0.15, 0.2) is 5.78 Å². The molecule has 0 aromatic carbocycles. The smallest absolute Gasteiger partial charge is 0.334 e. The quantitative estimate of drug-likeness (QED) is 0.0233. The van der Waals surface area contributed by atoms with E-state index in [1.54, 1.807) is 52.4 Å². The van der Waals surface area contributed by atoms with Crippen molar-refractivity contribution in [1.82, 2.24) is 87.6 Å². The summed E-state index contributed by atoms with van der Waals surface area (Å²) in [5.74, 6) is -6.80. The lowest BCUT2D eigenvalue weighted by molar-refractivity contribution is -0.197. The molecule has 0 radical (unpaired) electrons. The van der Waals surface area contributed by atoms with E-state index in [9.17, 15) is 81.5 Å². The fraction of sp³-hybridized carbons (Fsp3) is 0.581. The van der Waals surface area contributed by atoms with Crippen LogP contribution < -0.4 is 42.5 Å². The van der Waals surface area contributed by atoms with Crippen LogP contribution in [0.2, 0.25) is 0 Å². The molecule has 109 heavy (non-hydrogen) atoms. The molecule has 1 fully saturated rings. The molecule has 0 bridgehead atoms. The highest BCUT2D eigenvalue weighted by Crippen LogP contribution is 2.19. The molecule has 35 nitrogen and oxygen atoms in total. The number of imide groups is 1. The number of aryl methyl sites for hydroxylation is 2. The van der Waals surface area contributed by atoms with Crippen LogP contribution in [0.5, 0.6) is 0 Å². The van der Waals surface area contributed by atoms with Crippen LogP contribution in [0.3, 0.4) is 0 Å². The molecule has 4 aromatic rings. The molecule has 1 aliphatic rings. The first-order valence-electron chi connectivity index (χ1n) is 37.5. The summed E-state index contributed by atoms with van der Waals surface area (Å²) < 4.78 is 3.12. The molecule has 0 aliphatic carbocycles. The van der Waals surface area contributed by atoms with Crippen molar-refractivity contribution >= 4 is 99.7 Å². The second-order valence-electron chi connectivity index (χ2n) is 26.4.